The van der Waals surface area contributed by atoms with Crippen molar-refractivity contribution < 1.29 is 18.7 Å². The Hall–Kier alpha value is -1.95. The third-order valence-electron chi connectivity index (χ3n) is 5.75. The lowest BCUT2D eigenvalue weighted by Crippen LogP contribution is -2.50. The Morgan fingerprint density at radius 1 is 1.25 bits per heavy atom. The monoisotopic (exact) mass is 390 g/mol. The Morgan fingerprint density at radius 3 is 2.57 bits per heavy atom. The third-order valence-corrected chi connectivity index (χ3v) is 5.75. The van der Waals surface area contributed by atoms with E-state index in [1.165, 1.54) is 25.0 Å². The molecule has 5 nitrogen and oxygen atoms in total. The van der Waals surface area contributed by atoms with E-state index in [1.54, 1.807) is 24.1 Å². The largest absolute Gasteiger partial charge is 0.383 e. The predicted molar refractivity (Wildman–Crippen MR) is 105 cm³/mol. The molecule has 2 fully saturated rings. The molecule has 1 aromatic carbocycles. The van der Waals surface area contributed by atoms with Gasteiger partial charge in [-0.3, -0.25) is 9.59 Å². The second kappa shape index (κ2) is 9.50. The van der Waals surface area contributed by atoms with Gasteiger partial charge in [0, 0.05) is 33.2 Å². The van der Waals surface area contributed by atoms with Gasteiger partial charge in [-0.25, -0.2) is 4.39 Å². The van der Waals surface area contributed by atoms with Gasteiger partial charge in [0.05, 0.1) is 18.6 Å². The summed E-state index contributed by atoms with van der Waals surface area (Å²) in [4.78, 5) is 29.9. The molecule has 1 aliphatic carbocycles. The van der Waals surface area contributed by atoms with E-state index >= 15 is 0 Å². The summed E-state index contributed by atoms with van der Waals surface area (Å²) in [5.74, 6) is 0.149. The van der Waals surface area contributed by atoms with Crippen molar-refractivity contribution in [1.82, 2.24) is 9.80 Å². The van der Waals surface area contributed by atoms with Crippen molar-refractivity contribution in [3.63, 3.8) is 0 Å². The van der Waals surface area contributed by atoms with Crippen LogP contribution in [0.15, 0.2) is 24.3 Å². The third kappa shape index (κ3) is 4.90. The lowest BCUT2D eigenvalue weighted by Gasteiger charge is -2.42. The average molecular weight is 390 g/mol. The summed E-state index contributed by atoms with van der Waals surface area (Å²) >= 11 is 0. The molecule has 2 atom stereocenters. The van der Waals surface area contributed by atoms with Gasteiger partial charge in [-0.2, -0.15) is 0 Å². The first-order valence-electron chi connectivity index (χ1n) is 10.4. The fourth-order valence-electron chi connectivity index (χ4n) is 4.14. The zero-order valence-corrected chi connectivity index (χ0v) is 16.9. The number of hydrogen-bond donors (Lipinski definition) is 0. The highest BCUT2D eigenvalue weighted by atomic mass is 19.1. The first kappa shape index (κ1) is 20.8. The number of methoxy groups -OCH3 is 1. The molecule has 0 N–H and O–H groups in total. The van der Waals surface area contributed by atoms with E-state index in [0.29, 0.717) is 31.9 Å². The van der Waals surface area contributed by atoms with Gasteiger partial charge >= 0.3 is 0 Å². The second-order valence-corrected chi connectivity index (χ2v) is 7.95. The van der Waals surface area contributed by atoms with Crippen molar-refractivity contribution in [2.75, 3.05) is 33.4 Å². The average Bonchev–Trinajstić information content (AvgIpc) is 3.51. The van der Waals surface area contributed by atoms with Gasteiger partial charge in [-0.05, 0) is 49.3 Å². The number of halogens is 1. The molecule has 1 saturated carbocycles. The SMILES string of the molecule is CCCN(CC1CC1)C(=O)[C@@H]1CCC(=O)N(CCOC)[C@H]1c1ccc(F)cc1. The summed E-state index contributed by atoms with van der Waals surface area (Å²) < 4.78 is 18.7. The van der Waals surface area contributed by atoms with E-state index in [1.807, 2.05) is 4.90 Å². The number of hydrogen-bond acceptors (Lipinski definition) is 3. The maximum absolute atomic E-state index is 13.5. The summed E-state index contributed by atoms with van der Waals surface area (Å²) in [6.45, 7) is 4.47. The molecule has 0 spiro atoms. The smallest absolute Gasteiger partial charge is 0.228 e. The number of amides is 2. The number of carbonyl (C=O) groups excluding carboxylic acids is 2. The number of ether oxygens (including phenoxy) is 1. The summed E-state index contributed by atoms with van der Waals surface area (Å²) in [5, 5.41) is 0. The van der Waals surface area contributed by atoms with Crippen LogP contribution in [0.3, 0.4) is 0 Å². The van der Waals surface area contributed by atoms with E-state index in [-0.39, 0.29) is 29.6 Å². The highest BCUT2D eigenvalue weighted by Gasteiger charge is 2.42. The molecule has 0 aromatic heterocycles. The fourth-order valence-corrected chi connectivity index (χ4v) is 4.14. The molecule has 154 valence electrons. The van der Waals surface area contributed by atoms with Gasteiger partial charge in [0.1, 0.15) is 5.82 Å². The molecule has 0 unspecified atom stereocenters. The van der Waals surface area contributed by atoms with Gasteiger partial charge in [-0.15, -0.1) is 0 Å². The van der Waals surface area contributed by atoms with Crippen molar-refractivity contribution in [3.05, 3.63) is 35.6 Å². The quantitative estimate of drug-likeness (QED) is 0.649. The van der Waals surface area contributed by atoms with E-state index in [4.69, 9.17) is 4.74 Å². The normalized spacial score (nSPS) is 22.4. The Balaban J connectivity index is 1.89. The lowest BCUT2D eigenvalue weighted by atomic mass is 9.83. The molecule has 0 radical (unpaired) electrons. The molecule has 2 aliphatic rings. The lowest BCUT2D eigenvalue weighted by molar-refractivity contribution is -0.149. The van der Waals surface area contributed by atoms with Gasteiger partial charge in [0.2, 0.25) is 11.8 Å². The Kier molecular flexibility index (Phi) is 7.05. The van der Waals surface area contributed by atoms with Crippen LogP contribution in [-0.4, -0.2) is 55.0 Å². The Labute approximate surface area is 166 Å². The standard InChI is InChI=1S/C22H31FN2O3/c1-3-12-24(15-16-4-5-16)22(27)19-10-11-20(26)25(13-14-28-2)21(19)17-6-8-18(23)9-7-17/h6-9,16,19,21H,3-5,10-15H2,1-2H3/t19-,21+/m1/s1. The molecule has 1 aliphatic heterocycles. The van der Waals surface area contributed by atoms with Crippen molar-refractivity contribution in [2.24, 2.45) is 11.8 Å². The van der Waals surface area contributed by atoms with E-state index in [9.17, 15) is 14.0 Å². The minimum atomic E-state index is -0.372. The number of carbonyl (C=O) groups is 2. The molecule has 1 aromatic rings. The molecular formula is C22H31FN2O3. The summed E-state index contributed by atoms with van der Waals surface area (Å²) in [7, 11) is 1.60. The highest BCUT2D eigenvalue weighted by Crippen LogP contribution is 2.39. The van der Waals surface area contributed by atoms with Crippen LogP contribution < -0.4 is 0 Å². The summed E-state index contributed by atoms with van der Waals surface area (Å²) in [6, 6.07) is 5.83. The molecule has 1 heterocycles. The van der Waals surface area contributed by atoms with Crippen molar-refractivity contribution in [3.8, 4) is 0 Å². The number of likely N-dealkylation sites (tertiary alicyclic amines) is 1. The first-order valence-corrected chi connectivity index (χ1v) is 10.4. The molecular weight excluding hydrogens is 359 g/mol. The van der Waals surface area contributed by atoms with Gasteiger partial charge in [0.15, 0.2) is 0 Å². The van der Waals surface area contributed by atoms with Crippen LogP contribution in [0.4, 0.5) is 4.39 Å². The zero-order valence-electron chi connectivity index (χ0n) is 16.9. The van der Waals surface area contributed by atoms with Crippen molar-refractivity contribution in [2.45, 2.75) is 45.1 Å². The van der Waals surface area contributed by atoms with Crippen LogP contribution >= 0.6 is 0 Å². The number of rotatable bonds is 9. The number of benzene rings is 1. The van der Waals surface area contributed by atoms with E-state index in [2.05, 4.69) is 6.92 Å². The van der Waals surface area contributed by atoms with Crippen molar-refractivity contribution in [1.29, 1.82) is 0 Å². The minimum absolute atomic E-state index is 0.0275. The van der Waals surface area contributed by atoms with Gasteiger partial charge < -0.3 is 14.5 Å². The first-order chi connectivity index (χ1) is 13.5. The molecule has 3 rings (SSSR count). The predicted octanol–water partition coefficient (Wildman–Crippen LogP) is 3.40. The maximum atomic E-state index is 13.5. The summed E-state index contributed by atoms with van der Waals surface area (Å²) in [6.07, 6.45) is 4.20. The Bertz CT molecular complexity index is 675. The van der Waals surface area contributed by atoms with Gasteiger partial charge in [0.25, 0.3) is 0 Å². The van der Waals surface area contributed by atoms with Crippen LogP contribution in [0.5, 0.6) is 0 Å². The number of piperidine rings is 1. The van der Waals surface area contributed by atoms with Crippen LogP contribution in [-0.2, 0) is 14.3 Å². The van der Waals surface area contributed by atoms with Crippen LogP contribution in [0, 0.1) is 17.7 Å². The zero-order chi connectivity index (χ0) is 20.1. The van der Waals surface area contributed by atoms with Crippen LogP contribution in [0.25, 0.3) is 0 Å². The van der Waals surface area contributed by atoms with Crippen molar-refractivity contribution >= 4 is 11.8 Å². The summed E-state index contributed by atoms with van der Waals surface area (Å²) in [5.41, 5.74) is 0.812. The molecule has 2 amide bonds. The molecule has 6 heteroatoms. The Morgan fingerprint density at radius 2 is 1.96 bits per heavy atom. The minimum Gasteiger partial charge on any atom is -0.383 e. The topological polar surface area (TPSA) is 49.9 Å². The van der Waals surface area contributed by atoms with Crippen LogP contribution in [0.2, 0.25) is 0 Å². The maximum Gasteiger partial charge on any atom is 0.228 e. The van der Waals surface area contributed by atoms with E-state index < -0.39 is 0 Å². The second-order valence-electron chi connectivity index (χ2n) is 7.95. The highest BCUT2D eigenvalue weighted by molar-refractivity contribution is 5.85. The van der Waals surface area contributed by atoms with E-state index in [0.717, 1.165) is 25.1 Å². The van der Waals surface area contributed by atoms with Gasteiger partial charge in [-0.1, -0.05) is 19.1 Å². The molecule has 1 saturated heterocycles. The van der Waals surface area contributed by atoms with Crippen LogP contribution in [0.1, 0.15) is 50.6 Å². The fraction of sp³-hybridized carbons (Fsp3) is 0.636. The molecule has 28 heavy (non-hydrogen) atoms. The number of nitrogens with zero attached hydrogens (tertiary/aromatic N) is 2. The molecule has 0 bridgehead atoms.